The van der Waals surface area contributed by atoms with Crippen LogP contribution in [0.4, 0.5) is 0 Å². The van der Waals surface area contributed by atoms with Gasteiger partial charge in [0.15, 0.2) is 6.29 Å². The molecule has 0 aliphatic carbocycles. The van der Waals surface area contributed by atoms with Crippen LogP contribution in [0.1, 0.15) is 25.1 Å². The van der Waals surface area contributed by atoms with E-state index in [1.807, 2.05) is 17.7 Å². The minimum atomic E-state index is -0.153. The van der Waals surface area contributed by atoms with Crippen molar-refractivity contribution in [2.45, 2.75) is 32.2 Å². The van der Waals surface area contributed by atoms with Crippen molar-refractivity contribution in [3.8, 4) is 0 Å². The highest BCUT2D eigenvalue weighted by atomic mass is 16.7. The van der Waals surface area contributed by atoms with Crippen LogP contribution in [0.15, 0.2) is 12.3 Å². The minimum absolute atomic E-state index is 0.0736. The lowest BCUT2D eigenvalue weighted by atomic mass is 10.1. The second-order valence-electron chi connectivity index (χ2n) is 3.59. The zero-order valence-corrected chi connectivity index (χ0v) is 8.93. The molecule has 1 aliphatic heterocycles. The predicted octanol–water partition coefficient (Wildman–Crippen LogP) is 0.666. The average Bonchev–Trinajstić information content (AvgIpc) is 2.86. The summed E-state index contributed by atoms with van der Waals surface area (Å²) in [7, 11) is 0. The monoisotopic (exact) mass is 211 g/mol. The molecule has 2 heterocycles. The Kier molecular flexibility index (Phi) is 3.35. The largest absolute Gasteiger partial charge is 0.350 e. The number of rotatable bonds is 4. The van der Waals surface area contributed by atoms with Crippen molar-refractivity contribution in [2.75, 3.05) is 13.2 Å². The van der Waals surface area contributed by atoms with Gasteiger partial charge in [-0.1, -0.05) is 0 Å². The minimum Gasteiger partial charge on any atom is -0.350 e. The smallest absolute Gasteiger partial charge is 0.159 e. The quantitative estimate of drug-likeness (QED) is 0.795. The topological polar surface area (TPSA) is 62.3 Å². The molecular formula is C10H17N3O2. The Morgan fingerprint density at radius 2 is 2.33 bits per heavy atom. The summed E-state index contributed by atoms with van der Waals surface area (Å²) < 4.78 is 12.6. The molecule has 0 radical (unpaired) electrons. The molecule has 1 aromatic heterocycles. The Balaban J connectivity index is 1.97. The predicted molar refractivity (Wildman–Crippen MR) is 55.1 cm³/mol. The van der Waals surface area contributed by atoms with Gasteiger partial charge in [0.25, 0.3) is 0 Å². The Morgan fingerprint density at radius 1 is 1.60 bits per heavy atom. The van der Waals surface area contributed by atoms with Crippen molar-refractivity contribution in [1.82, 2.24) is 9.78 Å². The second kappa shape index (κ2) is 4.74. The lowest BCUT2D eigenvalue weighted by Gasteiger charge is -2.16. The number of aromatic nitrogens is 2. The molecule has 0 aromatic carbocycles. The Labute approximate surface area is 89.2 Å². The van der Waals surface area contributed by atoms with E-state index < -0.39 is 0 Å². The Morgan fingerprint density at radius 3 is 3.00 bits per heavy atom. The van der Waals surface area contributed by atoms with Gasteiger partial charge in [0, 0.05) is 19.2 Å². The molecule has 5 nitrogen and oxygen atoms in total. The normalized spacial score (nSPS) is 19.6. The first-order chi connectivity index (χ1) is 7.31. The second-order valence-corrected chi connectivity index (χ2v) is 3.59. The van der Waals surface area contributed by atoms with Gasteiger partial charge in [-0.25, -0.2) is 0 Å². The van der Waals surface area contributed by atoms with E-state index >= 15 is 0 Å². The molecule has 84 valence electrons. The van der Waals surface area contributed by atoms with Crippen molar-refractivity contribution in [1.29, 1.82) is 0 Å². The molecule has 0 spiro atoms. The van der Waals surface area contributed by atoms with Crippen LogP contribution in [0.5, 0.6) is 0 Å². The number of aryl methyl sites for hydroxylation is 1. The highest BCUT2D eigenvalue weighted by molar-refractivity contribution is 5.06. The van der Waals surface area contributed by atoms with Crippen LogP contribution in [0.25, 0.3) is 0 Å². The summed E-state index contributed by atoms with van der Waals surface area (Å²) in [5.74, 6) is 0. The van der Waals surface area contributed by atoms with Gasteiger partial charge in [-0.2, -0.15) is 5.10 Å². The van der Waals surface area contributed by atoms with E-state index in [9.17, 15) is 0 Å². The van der Waals surface area contributed by atoms with Crippen LogP contribution in [0.2, 0.25) is 0 Å². The third kappa shape index (κ3) is 2.37. The summed E-state index contributed by atoms with van der Waals surface area (Å²) in [6, 6.07) is 1.87. The molecule has 1 fully saturated rings. The Hall–Kier alpha value is -0.910. The molecule has 0 saturated carbocycles. The molecule has 1 aliphatic rings. The molecule has 1 saturated heterocycles. The first-order valence-corrected chi connectivity index (χ1v) is 5.31. The SMILES string of the molecule is CCn1nccc1C(N)CC1OCCO1. The van der Waals surface area contributed by atoms with Crippen LogP contribution in [0.3, 0.4) is 0 Å². The van der Waals surface area contributed by atoms with E-state index in [2.05, 4.69) is 5.10 Å². The summed E-state index contributed by atoms with van der Waals surface area (Å²) in [6.07, 6.45) is 2.31. The van der Waals surface area contributed by atoms with Gasteiger partial charge in [-0.15, -0.1) is 0 Å². The first kappa shape index (κ1) is 10.6. The summed E-state index contributed by atoms with van der Waals surface area (Å²) >= 11 is 0. The van der Waals surface area contributed by atoms with Crippen molar-refractivity contribution >= 4 is 0 Å². The van der Waals surface area contributed by atoms with Gasteiger partial charge in [-0.3, -0.25) is 4.68 Å². The number of nitrogens with zero attached hydrogens (tertiary/aromatic N) is 2. The van der Waals surface area contributed by atoms with Crippen molar-refractivity contribution < 1.29 is 9.47 Å². The first-order valence-electron chi connectivity index (χ1n) is 5.31. The third-order valence-corrected chi connectivity index (χ3v) is 2.57. The van der Waals surface area contributed by atoms with E-state index in [1.165, 1.54) is 0 Å². The maximum atomic E-state index is 6.07. The summed E-state index contributed by atoms with van der Waals surface area (Å²) in [6.45, 7) is 4.23. The van der Waals surface area contributed by atoms with Gasteiger partial charge >= 0.3 is 0 Å². The van der Waals surface area contributed by atoms with Crippen molar-refractivity contribution in [3.63, 3.8) is 0 Å². The number of nitrogens with two attached hydrogens (primary N) is 1. The van der Waals surface area contributed by atoms with E-state index in [-0.39, 0.29) is 12.3 Å². The van der Waals surface area contributed by atoms with Gasteiger partial charge in [0.1, 0.15) is 0 Å². The highest BCUT2D eigenvalue weighted by Gasteiger charge is 2.21. The van der Waals surface area contributed by atoms with Crippen LogP contribution in [-0.4, -0.2) is 29.3 Å². The molecule has 15 heavy (non-hydrogen) atoms. The molecule has 0 amide bonds. The fourth-order valence-electron chi connectivity index (χ4n) is 1.79. The van der Waals surface area contributed by atoms with Gasteiger partial charge in [0.05, 0.1) is 24.9 Å². The average molecular weight is 211 g/mol. The van der Waals surface area contributed by atoms with Gasteiger partial charge in [0.2, 0.25) is 0 Å². The molecule has 0 bridgehead atoms. The number of hydrogen-bond acceptors (Lipinski definition) is 4. The lowest BCUT2D eigenvalue weighted by Crippen LogP contribution is -2.22. The van der Waals surface area contributed by atoms with Crippen LogP contribution >= 0.6 is 0 Å². The van der Waals surface area contributed by atoms with E-state index in [0.717, 1.165) is 12.2 Å². The molecule has 2 rings (SSSR count). The van der Waals surface area contributed by atoms with E-state index in [1.54, 1.807) is 6.20 Å². The molecule has 5 heteroatoms. The maximum Gasteiger partial charge on any atom is 0.159 e. The summed E-state index contributed by atoms with van der Waals surface area (Å²) in [4.78, 5) is 0. The number of hydrogen-bond donors (Lipinski definition) is 1. The number of ether oxygens (including phenoxy) is 2. The molecule has 1 aromatic rings. The zero-order valence-electron chi connectivity index (χ0n) is 8.93. The molecule has 1 atom stereocenters. The van der Waals surface area contributed by atoms with E-state index in [0.29, 0.717) is 19.6 Å². The maximum absolute atomic E-state index is 6.07. The molecular weight excluding hydrogens is 194 g/mol. The molecule has 1 unspecified atom stereocenters. The summed E-state index contributed by atoms with van der Waals surface area (Å²) in [5.41, 5.74) is 7.11. The van der Waals surface area contributed by atoms with Crippen LogP contribution < -0.4 is 5.73 Å². The lowest BCUT2D eigenvalue weighted by molar-refractivity contribution is -0.0511. The Bertz CT molecular complexity index is 307. The van der Waals surface area contributed by atoms with Gasteiger partial charge in [-0.05, 0) is 13.0 Å². The molecule has 2 N–H and O–H groups in total. The zero-order chi connectivity index (χ0) is 10.7. The third-order valence-electron chi connectivity index (χ3n) is 2.57. The fraction of sp³-hybridized carbons (Fsp3) is 0.700. The van der Waals surface area contributed by atoms with Gasteiger partial charge < -0.3 is 15.2 Å². The van der Waals surface area contributed by atoms with Crippen molar-refractivity contribution in [3.05, 3.63) is 18.0 Å². The standard InChI is InChI=1S/C10H17N3O2/c1-2-13-9(3-4-12-13)8(11)7-10-14-5-6-15-10/h3-4,8,10H,2,5-7,11H2,1H3. The summed E-state index contributed by atoms with van der Waals surface area (Å²) in [5, 5.41) is 4.19. The van der Waals surface area contributed by atoms with Crippen LogP contribution in [0, 0.1) is 0 Å². The highest BCUT2D eigenvalue weighted by Crippen LogP contribution is 2.19. The van der Waals surface area contributed by atoms with Crippen LogP contribution in [-0.2, 0) is 16.0 Å². The van der Waals surface area contributed by atoms with E-state index in [4.69, 9.17) is 15.2 Å². The van der Waals surface area contributed by atoms with Crippen molar-refractivity contribution in [2.24, 2.45) is 5.73 Å². The fourth-order valence-corrected chi connectivity index (χ4v) is 1.79.